The molecule has 0 fully saturated rings. The van der Waals surface area contributed by atoms with Crippen molar-refractivity contribution in [3.05, 3.63) is 59.5 Å². The summed E-state index contributed by atoms with van der Waals surface area (Å²) < 4.78 is 0. The molecule has 1 aromatic carbocycles. The Bertz CT molecular complexity index is 848. The maximum Gasteiger partial charge on any atom is 0.185 e. The summed E-state index contributed by atoms with van der Waals surface area (Å²) in [5.41, 5.74) is 4.85. The Balaban J connectivity index is 1.43. The van der Waals surface area contributed by atoms with Crippen LogP contribution in [0.1, 0.15) is 23.1 Å². The van der Waals surface area contributed by atoms with Gasteiger partial charge in [0.1, 0.15) is 11.4 Å². The lowest BCUT2D eigenvalue weighted by Gasteiger charge is -2.03. The molecule has 7 heteroatoms. The van der Waals surface area contributed by atoms with Crippen LogP contribution in [0, 0.1) is 0 Å². The number of aromatic amines is 2. The van der Waals surface area contributed by atoms with Crippen molar-refractivity contribution in [3.63, 3.8) is 0 Å². The first-order valence-electron chi connectivity index (χ1n) is 7.78. The van der Waals surface area contributed by atoms with Crippen LogP contribution in [0.3, 0.4) is 0 Å². The second-order valence-electron chi connectivity index (χ2n) is 5.53. The van der Waals surface area contributed by atoms with E-state index in [1.807, 2.05) is 24.4 Å². The second-order valence-corrected chi connectivity index (χ2v) is 5.53. The maximum atomic E-state index is 4.26. The third-order valence-electron chi connectivity index (χ3n) is 3.84. The molecule has 4 rings (SSSR count). The largest absolute Gasteiger partial charge is 0.363 e. The zero-order valence-electron chi connectivity index (χ0n) is 13.0. The molecule has 0 saturated heterocycles. The van der Waals surface area contributed by atoms with Crippen molar-refractivity contribution < 1.29 is 0 Å². The molecular formula is C17H17N7. The molecule has 0 radical (unpaired) electrons. The van der Waals surface area contributed by atoms with Crippen LogP contribution in [0.5, 0.6) is 0 Å². The molecule has 0 aliphatic carbocycles. The molecular weight excluding hydrogens is 302 g/mol. The van der Waals surface area contributed by atoms with Gasteiger partial charge in [-0.2, -0.15) is 15.4 Å². The molecule has 3 N–H and O–H groups in total. The molecule has 0 saturated carbocycles. The Morgan fingerprint density at radius 1 is 1.00 bits per heavy atom. The van der Waals surface area contributed by atoms with E-state index in [1.54, 1.807) is 12.4 Å². The fraction of sp³-hybridized carbons (Fsp3) is 0.176. The van der Waals surface area contributed by atoms with Crippen molar-refractivity contribution in [1.82, 2.24) is 25.7 Å². The molecule has 0 unspecified atom stereocenters. The molecule has 3 heterocycles. The van der Waals surface area contributed by atoms with E-state index in [-0.39, 0.29) is 6.17 Å². The average Bonchev–Trinajstić information content (AvgIpc) is 3.36. The lowest BCUT2D eigenvalue weighted by molar-refractivity contribution is 0.682. The standard InChI is InChI=1S/C17H17N7/c1-2-4-12(5-3-1)9-18-11-14-8-13(10-21-14)15-16(23-24-22-15)17-19-6-7-20-17/h1-8,10,17-18,21H,9,11H2,(H,22,23,24). The SMILES string of the molecule is C1=NC(c2n[nH]nc2-c2c[nH]c(CNCc3ccccc3)c2)N=C1. The molecule has 24 heavy (non-hydrogen) atoms. The molecule has 1 aliphatic rings. The zero-order valence-corrected chi connectivity index (χ0v) is 13.0. The van der Waals surface area contributed by atoms with Gasteiger partial charge in [0.25, 0.3) is 0 Å². The number of nitrogens with zero attached hydrogens (tertiary/aromatic N) is 4. The number of aromatic nitrogens is 4. The van der Waals surface area contributed by atoms with Gasteiger partial charge in [-0.25, -0.2) is 0 Å². The van der Waals surface area contributed by atoms with Gasteiger partial charge in [-0.3, -0.25) is 9.98 Å². The fourth-order valence-corrected chi connectivity index (χ4v) is 2.67. The number of benzene rings is 1. The molecule has 120 valence electrons. The van der Waals surface area contributed by atoms with Crippen LogP contribution in [-0.4, -0.2) is 32.8 Å². The molecule has 7 nitrogen and oxygen atoms in total. The summed E-state index contributed by atoms with van der Waals surface area (Å²) in [6, 6.07) is 12.4. The van der Waals surface area contributed by atoms with Crippen LogP contribution in [-0.2, 0) is 13.1 Å². The predicted octanol–water partition coefficient (Wildman–Crippen LogP) is 2.24. The van der Waals surface area contributed by atoms with E-state index in [1.165, 1.54) is 5.56 Å². The number of nitrogens with one attached hydrogen (secondary N) is 3. The third-order valence-corrected chi connectivity index (χ3v) is 3.84. The van der Waals surface area contributed by atoms with E-state index in [2.05, 4.69) is 53.9 Å². The van der Waals surface area contributed by atoms with Crippen LogP contribution in [0.2, 0.25) is 0 Å². The van der Waals surface area contributed by atoms with Crippen LogP contribution < -0.4 is 5.32 Å². The normalized spacial score (nSPS) is 13.8. The number of H-pyrrole nitrogens is 2. The highest BCUT2D eigenvalue weighted by Gasteiger charge is 2.20. The summed E-state index contributed by atoms with van der Waals surface area (Å²) in [6.45, 7) is 1.58. The second kappa shape index (κ2) is 6.59. The Morgan fingerprint density at radius 3 is 2.67 bits per heavy atom. The van der Waals surface area contributed by atoms with Gasteiger partial charge in [0.15, 0.2) is 6.17 Å². The molecule has 2 aromatic heterocycles. The Hall–Kier alpha value is -3.06. The molecule has 0 atom stereocenters. The van der Waals surface area contributed by atoms with E-state index < -0.39 is 0 Å². The van der Waals surface area contributed by atoms with Crippen LogP contribution in [0.4, 0.5) is 0 Å². The van der Waals surface area contributed by atoms with Crippen molar-refractivity contribution in [2.45, 2.75) is 19.3 Å². The van der Waals surface area contributed by atoms with E-state index in [0.717, 1.165) is 35.7 Å². The average molecular weight is 319 g/mol. The quantitative estimate of drug-likeness (QED) is 0.650. The molecule has 1 aliphatic heterocycles. The number of hydrogen-bond donors (Lipinski definition) is 3. The topological polar surface area (TPSA) is 94.1 Å². The Morgan fingerprint density at radius 2 is 1.83 bits per heavy atom. The van der Waals surface area contributed by atoms with Crippen LogP contribution in [0.15, 0.2) is 52.6 Å². The van der Waals surface area contributed by atoms with Crippen LogP contribution in [0.25, 0.3) is 11.3 Å². The third kappa shape index (κ3) is 3.02. The molecule has 0 amide bonds. The van der Waals surface area contributed by atoms with Crippen LogP contribution >= 0.6 is 0 Å². The smallest absolute Gasteiger partial charge is 0.185 e. The molecule has 0 spiro atoms. The maximum absolute atomic E-state index is 4.26. The summed E-state index contributed by atoms with van der Waals surface area (Å²) in [5, 5.41) is 14.5. The van der Waals surface area contributed by atoms with Gasteiger partial charge in [-0.15, -0.1) is 0 Å². The summed E-state index contributed by atoms with van der Waals surface area (Å²) in [4.78, 5) is 11.8. The first-order valence-corrected chi connectivity index (χ1v) is 7.78. The van der Waals surface area contributed by atoms with Gasteiger partial charge in [0, 0.05) is 43.0 Å². The Kier molecular flexibility index (Phi) is 3.99. The zero-order chi connectivity index (χ0) is 16.2. The van der Waals surface area contributed by atoms with Crippen molar-refractivity contribution in [3.8, 4) is 11.3 Å². The van der Waals surface area contributed by atoms with Gasteiger partial charge >= 0.3 is 0 Å². The minimum absolute atomic E-state index is 0.298. The van der Waals surface area contributed by atoms with Gasteiger partial charge in [0.05, 0.1) is 0 Å². The number of hydrogen-bond acceptors (Lipinski definition) is 5. The minimum atomic E-state index is -0.298. The Labute approximate surface area is 138 Å². The van der Waals surface area contributed by atoms with Crippen molar-refractivity contribution >= 4 is 12.4 Å². The fourth-order valence-electron chi connectivity index (χ4n) is 2.67. The van der Waals surface area contributed by atoms with E-state index in [9.17, 15) is 0 Å². The lowest BCUT2D eigenvalue weighted by atomic mass is 10.1. The monoisotopic (exact) mass is 319 g/mol. The summed E-state index contributed by atoms with van der Waals surface area (Å²) in [7, 11) is 0. The van der Waals surface area contributed by atoms with E-state index in [4.69, 9.17) is 0 Å². The summed E-state index contributed by atoms with van der Waals surface area (Å²) >= 11 is 0. The predicted molar refractivity (Wildman–Crippen MR) is 92.9 cm³/mol. The number of rotatable bonds is 6. The van der Waals surface area contributed by atoms with Crippen molar-refractivity contribution in [2.75, 3.05) is 0 Å². The first-order chi connectivity index (χ1) is 11.9. The lowest BCUT2D eigenvalue weighted by Crippen LogP contribution is -2.12. The van der Waals surface area contributed by atoms with Gasteiger partial charge < -0.3 is 10.3 Å². The van der Waals surface area contributed by atoms with Gasteiger partial charge in [-0.1, -0.05) is 30.3 Å². The van der Waals surface area contributed by atoms with Crippen molar-refractivity contribution in [2.24, 2.45) is 9.98 Å². The highest BCUT2D eigenvalue weighted by Crippen LogP contribution is 2.28. The molecule has 0 bridgehead atoms. The summed E-state index contributed by atoms with van der Waals surface area (Å²) in [5.74, 6) is 0. The van der Waals surface area contributed by atoms with E-state index >= 15 is 0 Å². The summed E-state index contributed by atoms with van der Waals surface area (Å²) in [6.07, 6.45) is 5.00. The minimum Gasteiger partial charge on any atom is -0.363 e. The van der Waals surface area contributed by atoms with Gasteiger partial charge in [0.2, 0.25) is 0 Å². The number of aliphatic imine (C=N–C) groups is 2. The first kappa shape index (κ1) is 14.5. The van der Waals surface area contributed by atoms with E-state index in [0.29, 0.717) is 0 Å². The molecule has 3 aromatic rings. The van der Waals surface area contributed by atoms with Gasteiger partial charge in [-0.05, 0) is 11.6 Å². The highest BCUT2D eigenvalue weighted by atomic mass is 15.3. The highest BCUT2D eigenvalue weighted by molar-refractivity contribution is 6.17. The van der Waals surface area contributed by atoms with Crippen molar-refractivity contribution in [1.29, 1.82) is 0 Å².